The fraction of sp³-hybridized carbons (Fsp3) is 0.462. The smallest absolute Gasteiger partial charge is 0.203 e. The van der Waals surface area contributed by atoms with Crippen molar-refractivity contribution >= 4 is 0 Å². The molecule has 0 fully saturated rings. The summed E-state index contributed by atoms with van der Waals surface area (Å²) < 4.78 is 16.0. The molecule has 0 amide bonds. The molecule has 0 saturated heterocycles. The average Bonchev–Trinajstić information content (AvgIpc) is 2.37. The Labute approximate surface area is 102 Å². The van der Waals surface area contributed by atoms with E-state index >= 15 is 0 Å². The van der Waals surface area contributed by atoms with Crippen LogP contribution in [-0.4, -0.2) is 20.8 Å². The number of rotatable bonds is 6. The van der Waals surface area contributed by atoms with Crippen LogP contribution >= 0.6 is 0 Å². The van der Waals surface area contributed by atoms with E-state index in [2.05, 4.69) is 6.07 Å². The highest BCUT2D eigenvalue weighted by Crippen LogP contribution is 2.38. The number of nitriles is 1. The van der Waals surface area contributed by atoms with Crippen molar-refractivity contribution in [2.45, 2.75) is 19.8 Å². The van der Waals surface area contributed by atoms with Gasteiger partial charge in [0.05, 0.1) is 26.9 Å². The second-order valence-corrected chi connectivity index (χ2v) is 3.42. The van der Waals surface area contributed by atoms with Gasteiger partial charge in [0.1, 0.15) is 0 Å². The zero-order valence-corrected chi connectivity index (χ0v) is 10.4. The Hall–Kier alpha value is -1.89. The Bertz CT molecular complexity index is 385. The molecule has 0 aliphatic carbocycles. The van der Waals surface area contributed by atoms with Crippen LogP contribution in [0.25, 0.3) is 0 Å². The van der Waals surface area contributed by atoms with Gasteiger partial charge in [-0.1, -0.05) is 0 Å². The third-order valence-electron chi connectivity index (χ3n) is 2.33. The molecule has 0 unspecified atom stereocenters. The monoisotopic (exact) mass is 235 g/mol. The lowest BCUT2D eigenvalue weighted by Gasteiger charge is -2.14. The molecule has 1 aromatic rings. The number of hydrogen-bond donors (Lipinski definition) is 0. The summed E-state index contributed by atoms with van der Waals surface area (Å²) in [6.07, 6.45) is 1.15. The first-order valence-corrected chi connectivity index (χ1v) is 5.51. The minimum absolute atomic E-state index is 0.473. The molecule has 1 aromatic carbocycles. The molecule has 1 rings (SSSR count). The Morgan fingerprint density at radius 2 is 1.76 bits per heavy atom. The van der Waals surface area contributed by atoms with Gasteiger partial charge in [-0.05, 0) is 31.0 Å². The Morgan fingerprint density at radius 3 is 2.18 bits per heavy atom. The normalized spacial score (nSPS) is 9.53. The SMILES string of the molecule is CCOc1c(OC)cc(CCC#N)cc1OC. The van der Waals surface area contributed by atoms with Crippen molar-refractivity contribution in [3.8, 4) is 23.3 Å². The van der Waals surface area contributed by atoms with Crippen molar-refractivity contribution in [1.82, 2.24) is 0 Å². The molecule has 0 radical (unpaired) electrons. The second-order valence-electron chi connectivity index (χ2n) is 3.42. The molecule has 4 heteroatoms. The van der Waals surface area contributed by atoms with Crippen LogP contribution in [0.4, 0.5) is 0 Å². The number of hydrogen-bond acceptors (Lipinski definition) is 4. The molecule has 0 atom stereocenters. The van der Waals surface area contributed by atoms with Gasteiger partial charge in [-0.2, -0.15) is 5.26 Å². The van der Waals surface area contributed by atoms with Gasteiger partial charge >= 0.3 is 0 Å². The van der Waals surface area contributed by atoms with Crippen molar-refractivity contribution in [2.24, 2.45) is 0 Å². The molecule has 0 bridgehead atoms. The zero-order chi connectivity index (χ0) is 12.7. The van der Waals surface area contributed by atoms with E-state index in [1.807, 2.05) is 19.1 Å². The largest absolute Gasteiger partial charge is 0.493 e. The maximum absolute atomic E-state index is 8.58. The van der Waals surface area contributed by atoms with Gasteiger partial charge in [-0.3, -0.25) is 0 Å². The molecule has 17 heavy (non-hydrogen) atoms. The van der Waals surface area contributed by atoms with Crippen LogP contribution < -0.4 is 14.2 Å². The first-order chi connectivity index (χ1) is 8.26. The minimum Gasteiger partial charge on any atom is -0.493 e. The van der Waals surface area contributed by atoms with Crippen LogP contribution in [-0.2, 0) is 6.42 Å². The fourth-order valence-electron chi connectivity index (χ4n) is 1.57. The van der Waals surface area contributed by atoms with Crippen molar-refractivity contribution < 1.29 is 14.2 Å². The summed E-state index contributed by atoms with van der Waals surface area (Å²) in [5, 5.41) is 8.58. The van der Waals surface area contributed by atoms with Crippen molar-refractivity contribution in [3.05, 3.63) is 17.7 Å². The number of nitrogens with zero attached hydrogens (tertiary/aromatic N) is 1. The summed E-state index contributed by atoms with van der Waals surface area (Å²) >= 11 is 0. The van der Waals surface area contributed by atoms with Gasteiger partial charge in [0, 0.05) is 6.42 Å². The van der Waals surface area contributed by atoms with Gasteiger partial charge in [0.25, 0.3) is 0 Å². The topological polar surface area (TPSA) is 51.5 Å². The van der Waals surface area contributed by atoms with Crippen LogP contribution in [0.2, 0.25) is 0 Å². The number of ether oxygens (including phenoxy) is 3. The highest BCUT2D eigenvalue weighted by Gasteiger charge is 2.13. The summed E-state index contributed by atoms with van der Waals surface area (Å²) in [7, 11) is 3.18. The summed E-state index contributed by atoms with van der Waals surface area (Å²) in [4.78, 5) is 0. The lowest BCUT2D eigenvalue weighted by molar-refractivity contribution is 0.288. The van der Waals surface area contributed by atoms with Gasteiger partial charge in [0.2, 0.25) is 5.75 Å². The van der Waals surface area contributed by atoms with Crippen LogP contribution in [0.15, 0.2) is 12.1 Å². The molecule has 0 aliphatic rings. The first-order valence-electron chi connectivity index (χ1n) is 5.51. The molecule has 0 spiro atoms. The van der Waals surface area contributed by atoms with E-state index in [1.54, 1.807) is 14.2 Å². The van der Waals surface area contributed by atoms with E-state index < -0.39 is 0 Å². The van der Waals surface area contributed by atoms with E-state index in [-0.39, 0.29) is 0 Å². The van der Waals surface area contributed by atoms with Crippen LogP contribution in [0.3, 0.4) is 0 Å². The van der Waals surface area contributed by atoms with Gasteiger partial charge in [0.15, 0.2) is 11.5 Å². The first kappa shape index (κ1) is 13.2. The van der Waals surface area contributed by atoms with Crippen molar-refractivity contribution in [2.75, 3.05) is 20.8 Å². The predicted molar refractivity (Wildman–Crippen MR) is 64.6 cm³/mol. The molecule has 0 heterocycles. The van der Waals surface area contributed by atoms with E-state index in [9.17, 15) is 0 Å². The molecular weight excluding hydrogens is 218 g/mol. The molecule has 0 saturated carbocycles. The lowest BCUT2D eigenvalue weighted by atomic mass is 10.1. The molecule has 0 N–H and O–H groups in total. The summed E-state index contributed by atoms with van der Waals surface area (Å²) in [5.74, 6) is 1.89. The number of benzene rings is 1. The van der Waals surface area contributed by atoms with Crippen LogP contribution in [0, 0.1) is 11.3 Å². The van der Waals surface area contributed by atoms with Gasteiger partial charge < -0.3 is 14.2 Å². The third-order valence-corrected chi connectivity index (χ3v) is 2.33. The average molecular weight is 235 g/mol. The van der Waals surface area contributed by atoms with E-state index in [4.69, 9.17) is 19.5 Å². The Kier molecular flexibility index (Phi) is 5.15. The highest BCUT2D eigenvalue weighted by molar-refractivity contribution is 5.54. The summed E-state index contributed by atoms with van der Waals surface area (Å²) in [6, 6.07) is 5.88. The van der Waals surface area contributed by atoms with E-state index in [1.165, 1.54) is 0 Å². The molecule has 0 aromatic heterocycles. The number of aryl methyl sites for hydroxylation is 1. The van der Waals surface area contributed by atoms with Crippen molar-refractivity contribution in [1.29, 1.82) is 5.26 Å². The van der Waals surface area contributed by atoms with Crippen LogP contribution in [0.5, 0.6) is 17.2 Å². The Balaban J connectivity index is 3.10. The fourth-order valence-corrected chi connectivity index (χ4v) is 1.57. The number of methoxy groups -OCH3 is 2. The lowest BCUT2D eigenvalue weighted by Crippen LogP contribution is -2.00. The summed E-state index contributed by atoms with van der Waals surface area (Å²) in [5.41, 5.74) is 1.00. The highest BCUT2D eigenvalue weighted by atomic mass is 16.5. The second kappa shape index (κ2) is 6.64. The maximum Gasteiger partial charge on any atom is 0.203 e. The van der Waals surface area contributed by atoms with Gasteiger partial charge in [-0.25, -0.2) is 0 Å². The molecule has 0 aliphatic heterocycles. The van der Waals surface area contributed by atoms with E-state index in [0.29, 0.717) is 36.7 Å². The van der Waals surface area contributed by atoms with Crippen LogP contribution in [0.1, 0.15) is 18.9 Å². The third kappa shape index (κ3) is 3.28. The zero-order valence-electron chi connectivity index (χ0n) is 10.4. The van der Waals surface area contributed by atoms with Crippen molar-refractivity contribution in [3.63, 3.8) is 0 Å². The Morgan fingerprint density at radius 1 is 1.18 bits per heavy atom. The van der Waals surface area contributed by atoms with Gasteiger partial charge in [-0.15, -0.1) is 0 Å². The maximum atomic E-state index is 8.58. The quantitative estimate of drug-likeness (QED) is 0.760. The molecule has 92 valence electrons. The molecular formula is C13H17NO3. The predicted octanol–water partition coefficient (Wildman–Crippen LogP) is 2.56. The summed E-state index contributed by atoms with van der Waals surface area (Å²) in [6.45, 7) is 2.45. The molecule has 4 nitrogen and oxygen atoms in total. The van der Waals surface area contributed by atoms with E-state index in [0.717, 1.165) is 5.56 Å². The standard InChI is InChI=1S/C13H17NO3/c1-4-17-13-11(15-2)8-10(6-5-7-14)9-12(13)16-3/h8-9H,4-6H2,1-3H3. The minimum atomic E-state index is 0.473.